The van der Waals surface area contributed by atoms with Gasteiger partial charge in [0.15, 0.2) is 0 Å². The molecule has 6 heteroatoms. The highest BCUT2D eigenvalue weighted by Crippen LogP contribution is 2.20. The molecule has 1 aliphatic rings. The molecule has 0 radical (unpaired) electrons. The predicted molar refractivity (Wildman–Crippen MR) is 98.2 cm³/mol. The summed E-state index contributed by atoms with van der Waals surface area (Å²) in [6.45, 7) is 2.62. The lowest BCUT2D eigenvalue weighted by molar-refractivity contribution is 0.581. The number of anilines is 1. The standard InChI is InChI=1S/C18H21ClN2O2S/c19-16-5-9-18(10-6-16)24(22,23)20-12-11-15-3-7-17(8-4-15)21-13-1-2-14-21/h3-10,20H,1-2,11-14H2. The second-order valence-corrected chi connectivity index (χ2v) is 8.17. The minimum absolute atomic E-state index is 0.233. The fourth-order valence-electron chi connectivity index (χ4n) is 2.88. The monoisotopic (exact) mass is 364 g/mol. The van der Waals surface area contributed by atoms with Gasteiger partial charge in [-0.3, -0.25) is 0 Å². The van der Waals surface area contributed by atoms with Crippen molar-refractivity contribution in [2.24, 2.45) is 0 Å². The average Bonchev–Trinajstić information content (AvgIpc) is 3.10. The summed E-state index contributed by atoms with van der Waals surface area (Å²) in [7, 11) is -3.49. The zero-order chi connectivity index (χ0) is 17.0. The molecule has 1 fully saturated rings. The van der Waals surface area contributed by atoms with Gasteiger partial charge in [0.25, 0.3) is 0 Å². The summed E-state index contributed by atoms with van der Waals surface area (Å²) >= 11 is 5.79. The summed E-state index contributed by atoms with van der Waals surface area (Å²) in [5, 5.41) is 0.520. The van der Waals surface area contributed by atoms with E-state index < -0.39 is 10.0 Å². The van der Waals surface area contributed by atoms with Crippen molar-refractivity contribution >= 4 is 27.3 Å². The van der Waals surface area contributed by atoms with E-state index in [0.29, 0.717) is 18.0 Å². The van der Waals surface area contributed by atoms with Crippen LogP contribution >= 0.6 is 11.6 Å². The summed E-state index contributed by atoms with van der Waals surface area (Å²) in [5.41, 5.74) is 2.37. The second kappa shape index (κ2) is 7.55. The lowest BCUT2D eigenvalue weighted by Gasteiger charge is -2.17. The van der Waals surface area contributed by atoms with Crippen molar-refractivity contribution in [3.63, 3.8) is 0 Å². The molecular weight excluding hydrogens is 344 g/mol. The van der Waals surface area contributed by atoms with Crippen LogP contribution in [0.25, 0.3) is 0 Å². The Labute approximate surface area is 148 Å². The average molecular weight is 365 g/mol. The molecule has 3 rings (SSSR count). The van der Waals surface area contributed by atoms with Crippen molar-refractivity contribution in [3.05, 3.63) is 59.1 Å². The van der Waals surface area contributed by atoms with Crippen molar-refractivity contribution < 1.29 is 8.42 Å². The Morgan fingerprint density at radius 1 is 0.958 bits per heavy atom. The van der Waals surface area contributed by atoms with Crippen molar-refractivity contribution in [2.45, 2.75) is 24.2 Å². The van der Waals surface area contributed by atoms with Crippen LogP contribution in [0.3, 0.4) is 0 Å². The van der Waals surface area contributed by atoms with Crippen LogP contribution in [0, 0.1) is 0 Å². The van der Waals surface area contributed by atoms with E-state index in [1.165, 1.54) is 30.7 Å². The minimum Gasteiger partial charge on any atom is -0.372 e. The molecule has 0 aromatic heterocycles. The number of nitrogens with one attached hydrogen (secondary N) is 1. The molecule has 0 aliphatic carbocycles. The second-order valence-electron chi connectivity index (χ2n) is 5.96. The van der Waals surface area contributed by atoms with Gasteiger partial charge in [-0.05, 0) is 61.2 Å². The third kappa shape index (κ3) is 4.29. The van der Waals surface area contributed by atoms with Crippen LogP contribution in [0.4, 0.5) is 5.69 Å². The van der Waals surface area contributed by atoms with Gasteiger partial charge in [-0.25, -0.2) is 13.1 Å². The van der Waals surface area contributed by atoms with Crippen molar-refractivity contribution in [1.29, 1.82) is 0 Å². The van der Waals surface area contributed by atoms with E-state index in [-0.39, 0.29) is 4.90 Å². The molecule has 4 nitrogen and oxygen atoms in total. The highest BCUT2D eigenvalue weighted by molar-refractivity contribution is 7.89. The Hall–Kier alpha value is -1.56. The zero-order valence-electron chi connectivity index (χ0n) is 13.4. The Kier molecular flexibility index (Phi) is 5.43. The van der Waals surface area contributed by atoms with Crippen molar-refractivity contribution in [1.82, 2.24) is 4.72 Å². The Morgan fingerprint density at radius 3 is 2.21 bits per heavy atom. The van der Waals surface area contributed by atoms with E-state index in [4.69, 9.17) is 11.6 Å². The third-order valence-electron chi connectivity index (χ3n) is 4.24. The first-order valence-corrected chi connectivity index (χ1v) is 10.00. The number of hydrogen-bond donors (Lipinski definition) is 1. The first-order valence-electron chi connectivity index (χ1n) is 8.14. The molecule has 24 heavy (non-hydrogen) atoms. The quantitative estimate of drug-likeness (QED) is 0.853. The number of benzene rings is 2. The van der Waals surface area contributed by atoms with E-state index in [0.717, 1.165) is 18.7 Å². The van der Waals surface area contributed by atoms with E-state index in [9.17, 15) is 8.42 Å². The molecule has 128 valence electrons. The predicted octanol–water partition coefficient (Wildman–Crippen LogP) is 3.46. The van der Waals surface area contributed by atoms with Crippen LogP contribution in [0.2, 0.25) is 5.02 Å². The van der Waals surface area contributed by atoms with Gasteiger partial charge in [-0.1, -0.05) is 23.7 Å². The third-order valence-corrected chi connectivity index (χ3v) is 5.97. The van der Waals surface area contributed by atoms with Crippen molar-refractivity contribution in [2.75, 3.05) is 24.5 Å². The molecule has 0 unspecified atom stereocenters. The molecule has 2 aromatic rings. The molecule has 1 aliphatic heterocycles. The highest BCUT2D eigenvalue weighted by atomic mass is 35.5. The number of sulfonamides is 1. The van der Waals surface area contributed by atoms with Gasteiger partial charge in [-0.2, -0.15) is 0 Å². The van der Waals surface area contributed by atoms with Gasteiger partial charge < -0.3 is 4.90 Å². The van der Waals surface area contributed by atoms with Crippen LogP contribution in [-0.2, 0) is 16.4 Å². The van der Waals surface area contributed by atoms with E-state index in [1.54, 1.807) is 12.1 Å². The van der Waals surface area contributed by atoms with Gasteiger partial charge in [0.05, 0.1) is 4.90 Å². The fraction of sp³-hybridized carbons (Fsp3) is 0.333. The maximum absolute atomic E-state index is 12.2. The summed E-state index contributed by atoms with van der Waals surface area (Å²) in [4.78, 5) is 2.61. The topological polar surface area (TPSA) is 49.4 Å². The molecular formula is C18H21ClN2O2S. The van der Waals surface area contributed by atoms with Crippen LogP contribution in [-0.4, -0.2) is 28.1 Å². The van der Waals surface area contributed by atoms with E-state index in [1.807, 2.05) is 0 Å². The number of hydrogen-bond acceptors (Lipinski definition) is 3. The molecule has 0 saturated carbocycles. The summed E-state index contributed by atoms with van der Waals surface area (Å²) in [6, 6.07) is 14.6. The maximum Gasteiger partial charge on any atom is 0.240 e. The normalized spacial score (nSPS) is 15.0. The Morgan fingerprint density at radius 2 is 1.58 bits per heavy atom. The summed E-state index contributed by atoms with van der Waals surface area (Å²) < 4.78 is 27.0. The molecule has 0 atom stereocenters. The molecule has 0 bridgehead atoms. The molecule has 0 spiro atoms. The SMILES string of the molecule is O=S(=O)(NCCc1ccc(N2CCCC2)cc1)c1ccc(Cl)cc1. The molecule has 1 heterocycles. The smallest absolute Gasteiger partial charge is 0.240 e. The molecule has 1 N–H and O–H groups in total. The van der Waals surface area contributed by atoms with Crippen LogP contribution in [0.5, 0.6) is 0 Å². The van der Waals surface area contributed by atoms with Gasteiger partial charge in [-0.15, -0.1) is 0 Å². The van der Waals surface area contributed by atoms with Crippen LogP contribution < -0.4 is 9.62 Å². The maximum atomic E-state index is 12.2. The fourth-order valence-corrected chi connectivity index (χ4v) is 4.03. The molecule has 1 saturated heterocycles. The minimum atomic E-state index is -3.49. The number of nitrogens with zero attached hydrogens (tertiary/aromatic N) is 1. The highest BCUT2D eigenvalue weighted by Gasteiger charge is 2.14. The van der Waals surface area contributed by atoms with Crippen LogP contribution in [0.15, 0.2) is 53.4 Å². The van der Waals surface area contributed by atoms with Crippen molar-refractivity contribution in [3.8, 4) is 0 Å². The number of rotatable bonds is 6. The van der Waals surface area contributed by atoms with Gasteiger partial charge in [0.2, 0.25) is 10.0 Å². The van der Waals surface area contributed by atoms with E-state index >= 15 is 0 Å². The first kappa shape index (κ1) is 17.3. The first-order chi connectivity index (χ1) is 11.5. The lowest BCUT2D eigenvalue weighted by atomic mass is 10.1. The van der Waals surface area contributed by atoms with E-state index in [2.05, 4.69) is 33.9 Å². The number of halogens is 1. The lowest BCUT2D eigenvalue weighted by Crippen LogP contribution is -2.26. The Bertz CT molecular complexity index is 768. The molecule has 0 amide bonds. The zero-order valence-corrected chi connectivity index (χ0v) is 15.0. The largest absolute Gasteiger partial charge is 0.372 e. The summed E-state index contributed by atoms with van der Waals surface area (Å²) in [6.07, 6.45) is 3.18. The summed E-state index contributed by atoms with van der Waals surface area (Å²) in [5.74, 6) is 0. The molecule has 2 aromatic carbocycles. The van der Waals surface area contributed by atoms with Crippen LogP contribution in [0.1, 0.15) is 18.4 Å². The van der Waals surface area contributed by atoms with Gasteiger partial charge in [0, 0.05) is 30.3 Å². The Balaban J connectivity index is 1.54. The van der Waals surface area contributed by atoms with Gasteiger partial charge in [0.1, 0.15) is 0 Å². The van der Waals surface area contributed by atoms with Gasteiger partial charge >= 0.3 is 0 Å².